The number of ketones is 1. The van der Waals surface area contributed by atoms with Crippen LogP contribution in [0, 0.1) is 5.92 Å². The Bertz CT molecular complexity index is 425. The summed E-state index contributed by atoms with van der Waals surface area (Å²) in [4.78, 5) is 22.7. The average Bonchev–Trinajstić information content (AvgIpc) is 2.35. The molecule has 1 unspecified atom stereocenters. The lowest BCUT2D eigenvalue weighted by molar-refractivity contribution is -0.124. The number of nitrogens with one attached hydrogen (secondary N) is 1. The number of amides is 1. The summed E-state index contributed by atoms with van der Waals surface area (Å²) in [7, 11) is 1.54. The van der Waals surface area contributed by atoms with Crippen molar-refractivity contribution in [3.8, 4) is 5.75 Å². The van der Waals surface area contributed by atoms with Gasteiger partial charge in [0.15, 0.2) is 5.78 Å². The Labute approximate surface area is 106 Å². The predicted molar refractivity (Wildman–Crippen MR) is 66.7 cm³/mol. The standard InChI is InChI=1S/C13H17NO4/c1-8(2)12(15)11(14-13(16)17)9-4-6-10(18-3)7-5-9/h4-8,11,14H,1-3H3,(H,16,17). The van der Waals surface area contributed by atoms with E-state index < -0.39 is 12.1 Å². The van der Waals surface area contributed by atoms with Crippen LogP contribution >= 0.6 is 0 Å². The molecule has 1 aromatic rings. The molecule has 0 saturated heterocycles. The van der Waals surface area contributed by atoms with Crippen molar-refractivity contribution in [1.29, 1.82) is 0 Å². The van der Waals surface area contributed by atoms with Crippen molar-refractivity contribution in [2.24, 2.45) is 5.92 Å². The Morgan fingerprint density at radius 3 is 2.17 bits per heavy atom. The van der Waals surface area contributed by atoms with Crippen LogP contribution in [0.25, 0.3) is 0 Å². The molecule has 0 fully saturated rings. The zero-order valence-electron chi connectivity index (χ0n) is 10.6. The van der Waals surface area contributed by atoms with Crippen LogP contribution in [0.2, 0.25) is 0 Å². The quantitative estimate of drug-likeness (QED) is 0.841. The first-order valence-electron chi connectivity index (χ1n) is 5.62. The normalized spacial score (nSPS) is 12.0. The van der Waals surface area contributed by atoms with E-state index in [0.717, 1.165) is 0 Å². The second-order valence-electron chi connectivity index (χ2n) is 4.21. The molecule has 2 N–H and O–H groups in total. The van der Waals surface area contributed by atoms with Crippen LogP contribution in [-0.4, -0.2) is 24.1 Å². The first-order chi connectivity index (χ1) is 8.45. The van der Waals surface area contributed by atoms with Gasteiger partial charge in [-0.2, -0.15) is 0 Å². The van der Waals surface area contributed by atoms with E-state index in [0.29, 0.717) is 11.3 Å². The van der Waals surface area contributed by atoms with E-state index in [9.17, 15) is 9.59 Å². The lowest BCUT2D eigenvalue weighted by atomic mass is 9.95. The molecule has 0 bridgehead atoms. The number of carboxylic acid groups (broad SMARTS) is 1. The first kappa shape index (κ1) is 14.0. The second-order valence-corrected chi connectivity index (χ2v) is 4.21. The smallest absolute Gasteiger partial charge is 0.405 e. The van der Waals surface area contributed by atoms with Gasteiger partial charge in [0, 0.05) is 5.92 Å². The topological polar surface area (TPSA) is 75.6 Å². The molecular weight excluding hydrogens is 234 g/mol. The molecule has 0 aliphatic heterocycles. The van der Waals surface area contributed by atoms with E-state index in [4.69, 9.17) is 9.84 Å². The van der Waals surface area contributed by atoms with Gasteiger partial charge in [0.1, 0.15) is 11.8 Å². The molecule has 0 aliphatic rings. The number of hydrogen-bond donors (Lipinski definition) is 2. The molecule has 98 valence electrons. The van der Waals surface area contributed by atoms with Gasteiger partial charge in [-0.05, 0) is 17.7 Å². The molecule has 0 spiro atoms. The minimum absolute atomic E-state index is 0.164. The van der Waals surface area contributed by atoms with E-state index in [2.05, 4.69) is 5.32 Å². The summed E-state index contributed by atoms with van der Waals surface area (Å²) in [6.07, 6.45) is -1.22. The van der Waals surface area contributed by atoms with Gasteiger partial charge in [0.05, 0.1) is 7.11 Å². The van der Waals surface area contributed by atoms with Crippen molar-refractivity contribution < 1.29 is 19.4 Å². The molecule has 1 amide bonds. The molecule has 1 atom stereocenters. The number of methoxy groups -OCH3 is 1. The SMILES string of the molecule is COc1ccc(C(NC(=O)O)C(=O)C(C)C)cc1. The van der Waals surface area contributed by atoms with Crippen molar-refractivity contribution in [2.45, 2.75) is 19.9 Å². The lowest BCUT2D eigenvalue weighted by Gasteiger charge is -2.18. The van der Waals surface area contributed by atoms with Gasteiger partial charge in [-0.25, -0.2) is 4.79 Å². The molecular formula is C13H17NO4. The third-order valence-corrected chi connectivity index (χ3v) is 2.57. The van der Waals surface area contributed by atoms with Gasteiger partial charge in [-0.1, -0.05) is 26.0 Å². The predicted octanol–water partition coefficient (Wildman–Crippen LogP) is 2.23. The van der Waals surface area contributed by atoms with Crippen molar-refractivity contribution in [3.63, 3.8) is 0 Å². The van der Waals surface area contributed by atoms with Gasteiger partial charge in [0.25, 0.3) is 0 Å². The molecule has 0 heterocycles. The summed E-state index contributed by atoms with van der Waals surface area (Å²) < 4.78 is 5.02. The van der Waals surface area contributed by atoms with Crippen LogP contribution in [0.1, 0.15) is 25.5 Å². The van der Waals surface area contributed by atoms with Crippen molar-refractivity contribution in [1.82, 2.24) is 5.32 Å². The number of carbonyl (C=O) groups excluding carboxylic acids is 1. The van der Waals surface area contributed by atoms with Crippen LogP contribution in [0.3, 0.4) is 0 Å². The molecule has 0 aliphatic carbocycles. The largest absolute Gasteiger partial charge is 0.497 e. The van der Waals surface area contributed by atoms with Gasteiger partial charge >= 0.3 is 6.09 Å². The van der Waals surface area contributed by atoms with E-state index in [1.165, 1.54) is 0 Å². The number of Topliss-reactive ketones (excluding diaryl/α,β-unsaturated/α-hetero) is 1. The summed E-state index contributed by atoms with van der Waals surface area (Å²) >= 11 is 0. The summed E-state index contributed by atoms with van der Waals surface area (Å²) in [6.45, 7) is 3.48. The Kier molecular flexibility index (Phi) is 4.71. The summed E-state index contributed by atoms with van der Waals surface area (Å²) in [5.41, 5.74) is 0.608. The number of ether oxygens (including phenoxy) is 1. The lowest BCUT2D eigenvalue weighted by Crippen LogP contribution is -2.34. The van der Waals surface area contributed by atoms with Crippen LogP contribution in [0.15, 0.2) is 24.3 Å². The van der Waals surface area contributed by atoms with Gasteiger partial charge in [-0.3, -0.25) is 4.79 Å². The molecule has 0 aromatic heterocycles. The van der Waals surface area contributed by atoms with E-state index in [1.807, 2.05) is 0 Å². The van der Waals surface area contributed by atoms with Gasteiger partial charge < -0.3 is 15.2 Å². The maximum Gasteiger partial charge on any atom is 0.405 e. The first-order valence-corrected chi connectivity index (χ1v) is 5.62. The fourth-order valence-corrected chi connectivity index (χ4v) is 1.57. The summed E-state index contributed by atoms with van der Waals surface area (Å²) in [5.74, 6) is 0.247. The van der Waals surface area contributed by atoms with Crippen molar-refractivity contribution in [3.05, 3.63) is 29.8 Å². The number of benzene rings is 1. The van der Waals surface area contributed by atoms with E-state index in [1.54, 1.807) is 45.2 Å². The Hall–Kier alpha value is -2.04. The van der Waals surface area contributed by atoms with Gasteiger partial charge in [0.2, 0.25) is 0 Å². The average molecular weight is 251 g/mol. The minimum atomic E-state index is -1.22. The molecule has 5 heteroatoms. The van der Waals surface area contributed by atoms with Crippen LogP contribution < -0.4 is 10.1 Å². The zero-order valence-corrected chi connectivity index (χ0v) is 10.6. The highest BCUT2D eigenvalue weighted by Crippen LogP contribution is 2.21. The Morgan fingerprint density at radius 1 is 1.22 bits per heavy atom. The van der Waals surface area contributed by atoms with Crippen molar-refractivity contribution in [2.75, 3.05) is 7.11 Å². The highest BCUT2D eigenvalue weighted by atomic mass is 16.5. The minimum Gasteiger partial charge on any atom is -0.497 e. The monoisotopic (exact) mass is 251 g/mol. The second kappa shape index (κ2) is 6.05. The maximum absolute atomic E-state index is 12.0. The third kappa shape index (κ3) is 3.48. The fourth-order valence-electron chi connectivity index (χ4n) is 1.57. The number of rotatable bonds is 5. The van der Waals surface area contributed by atoms with Gasteiger partial charge in [-0.15, -0.1) is 0 Å². The fraction of sp³-hybridized carbons (Fsp3) is 0.385. The summed E-state index contributed by atoms with van der Waals surface area (Å²) in [6, 6.07) is 5.91. The number of hydrogen-bond acceptors (Lipinski definition) is 3. The molecule has 1 aromatic carbocycles. The maximum atomic E-state index is 12.0. The Morgan fingerprint density at radius 2 is 1.78 bits per heavy atom. The van der Waals surface area contributed by atoms with E-state index in [-0.39, 0.29) is 11.7 Å². The highest BCUT2D eigenvalue weighted by Gasteiger charge is 2.24. The van der Waals surface area contributed by atoms with Crippen LogP contribution in [0.5, 0.6) is 5.75 Å². The van der Waals surface area contributed by atoms with E-state index >= 15 is 0 Å². The molecule has 0 radical (unpaired) electrons. The molecule has 0 saturated carbocycles. The third-order valence-electron chi connectivity index (χ3n) is 2.57. The molecule has 1 rings (SSSR count). The van der Waals surface area contributed by atoms with Crippen LogP contribution in [-0.2, 0) is 4.79 Å². The molecule has 5 nitrogen and oxygen atoms in total. The number of carbonyl (C=O) groups is 2. The summed E-state index contributed by atoms with van der Waals surface area (Å²) in [5, 5.41) is 11.0. The van der Waals surface area contributed by atoms with Crippen LogP contribution in [0.4, 0.5) is 4.79 Å². The highest BCUT2D eigenvalue weighted by molar-refractivity contribution is 5.89. The molecule has 18 heavy (non-hydrogen) atoms. The van der Waals surface area contributed by atoms with Crippen molar-refractivity contribution >= 4 is 11.9 Å². The zero-order chi connectivity index (χ0) is 13.7. The Balaban J connectivity index is 3.00.